The van der Waals surface area contributed by atoms with Crippen LogP contribution >= 0.6 is 11.3 Å². The predicted octanol–water partition coefficient (Wildman–Crippen LogP) is 6.84. The number of carbonyl (C=O) groups is 1. The van der Waals surface area contributed by atoms with Gasteiger partial charge < -0.3 is 0 Å². The van der Waals surface area contributed by atoms with Crippen molar-refractivity contribution in [3.8, 4) is 21.7 Å². The Morgan fingerprint density at radius 3 is 1.97 bits per heavy atom. The molecule has 0 aliphatic heterocycles. The van der Waals surface area contributed by atoms with E-state index in [0.717, 1.165) is 27.3 Å². The first-order valence-corrected chi connectivity index (χ1v) is 13.8. The summed E-state index contributed by atoms with van der Waals surface area (Å²) in [4.78, 5) is 18.8. The minimum atomic E-state index is -3.73. The standard InChI is InChI=1S/C29H23N3O3S2/c1-20-12-18-25(19-13-20)37(34,35)32-24-16-14-23(15-17-24)28(33)31-29-30-26(21-8-4-2-5-9-21)27(36-29)22-10-6-3-7-11-22/h2-19,32H,1H3,(H,30,31,33). The number of amides is 1. The highest BCUT2D eigenvalue weighted by Crippen LogP contribution is 2.39. The summed E-state index contributed by atoms with van der Waals surface area (Å²) in [5.74, 6) is -0.332. The van der Waals surface area contributed by atoms with E-state index in [4.69, 9.17) is 4.98 Å². The molecule has 0 bridgehead atoms. The molecule has 0 fully saturated rings. The molecule has 37 heavy (non-hydrogen) atoms. The van der Waals surface area contributed by atoms with E-state index in [1.807, 2.05) is 67.6 Å². The molecular weight excluding hydrogens is 502 g/mol. The minimum absolute atomic E-state index is 0.173. The summed E-state index contributed by atoms with van der Waals surface area (Å²) in [6.07, 6.45) is 0. The number of rotatable bonds is 7. The molecule has 6 nitrogen and oxygen atoms in total. The lowest BCUT2D eigenvalue weighted by atomic mass is 10.1. The van der Waals surface area contributed by atoms with Crippen LogP contribution in [0.25, 0.3) is 21.7 Å². The van der Waals surface area contributed by atoms with Crippen molar-refractivity contribution in [2.45, 2.75) is 11.8 Å². The summed E-state index contributed by atoms with van der Waals surface area (Å²) in [6.45, 7) is 1.89. The fourth-order valence-electron chi connectivity index (χ4n) is 3.74. The van der Waals surface area contributed by atoms with Crippen LogP contribution in [0.15, 0.2) is 114 Å². The maximum Gasteiger partial charge on any atom is 0.261 e. The van der Waals surface area contributed by atoms with E-state index in [2.05, 4.69) is 10.0 Å². The third kappa shape index (κ3) is 5.61. The van der Waals surface area contributed by atoms with Gasteiger partial charge >= 0.3 is 0 Å². The average molecular weight is 526 g/mol. The molecule has 0 saturated heterocycles. The lowest BCUT2D eigenvalue weighted by molar-refractivity contribution is 0.102. The maximum absolute atomic E-state index is 13.0. The fraction of sp³-hybridized carbons (Fsp3) is 0.0345. The zero-order valence-electron chi connectivity index (χ0n) is 19.9. The van der Waals surface area contributed by atoms with Gasteiger partial charge in [0.05, 0.1) is 15.5 Å². The molecular formula is C29H23N3O3S2. The molecule has 0 saturated carbocycles. The summed E-state index contributed by atoms with van der Waals surface area (Å²) >= 11 is 1.41. The van der Waals surface area contributed by atoms with Crippen LogP contribution < -0.4 is 10.0 Å². The van der Waals surface area contributed by atoms with Crippen LogP contribution in [-0.4, -0.2) is 19.3 Å². The number of nitrogens with zero attached hydrogens (tertiary/aromatic N) is 1. The molecule has 184 valence electrons. The zero-order chi connectivity index (χ0) is 25.8. The Morgan fingerprint density at radius 2 is 1.35 bits per heavy atom. The van der Waals surface area contributed by atoms with Gasteiger partial charge in [-0.2, -0.15) is 0 Å². The van der Waals surface area contributed by atoms with Gasteiger partial charge in [0.15, 0.2) is 5.13 Å². The van der Waals surface area contributed by atoms with E-state index in [0.29, 0.717) is 16.4 Å². The van der Waals surface area contributed by atoms with Gasteiger partial charge in [0.25, 0.3) is 15.9 Å². The van der Waals surface area contributed by atoms with Gasteiger partial charge in [-0.1, -0.05) is 89.7 Å². The second-order valence-electron chi connectivity index (χ2n) is 8.38. The van der Waals surface area contributed by atoms with Gasteiger partial charge in [-0.05, 0) is 48.9 Å². The Kier molecular flexibility index (Phi) is 6.85. The van der Waals surface area contributed by atoms with Crippen LogP contribution in [0.4, 0.5) is 10.8 Å². The van der Waals surface area contributed by atoms with Crippen molar-refractivity contribution in [1.82, 2.24) is 4.98 Å². The Hall–Kier alpha value is -4.27. The second-order valence-corrected chi connectivity index (χ2v) is 11.1. The molecule has 1 aromatic heterocycles. The molecule has 1 amide bonds. The van der Waals surface area contributed by atoms with Crippen LogP contribution in [0.1, 0.15) is 15.9 Å². The summed E-state index contributed by atoms with van der Waals surface area (Å²) in [5, 5.41) is 3.37. The van der Waals surface area contributed by atoms with Gasteiger partial charge in [-0.15, -0.1) is 0 Å². The van der Waals surface area contributed by atoms with E-state index >= 15 is 0 Å². The Bertz CT molecular complexity index is 1570. The number of aromatic nitrogens is 1. The number of aryl methyl sites for hydroxylation is 1. The molecule has 5 rings (SSSR count). The number of anilines is 2. The topological polar surface area (TPSA) is 88.2 Å². The van der Waals surface area contributed by atoms with Crippen LogP contribution in [0.5, 0.6) is 0 Å². The first-order valence-electron chi connectivity index (χ1n) is 11.5. The third-order valence-electron chi connectivity index (χ3n) is 5.66. The highest BCUT2D eigenvalue weighted by atomic mass is 32.2. The van der Waals surface area contributed by atoms with Crippen molar-refractivity contribution in [3.63, 3.8) is 0 Å². The number of hydrogen-bond acceptors (Lipinski definition) is 5. The van der Waals surface area contributed by atoms with E-state index in [-0.39, 0.29) is 10.8 Å². The Labute approximate surface area is 219 Å². The lowest BCUT2D eigenvalue weighted by Gasteiger charge is -2.09. The second kappa shape index (κ2) is 10.4. The molecule has 0 radical (unpaired) electrons. The highest BCUT2D eigenvalue weighted by molar-refractivity contribution is 7.92. The number of carbonyl (C=O) groups excluding carboxylic acids is 1. The number of nitrogens with one attached hydrogen (secondary N) is 2. The van der Waals surface area contributed by atoms with Gasteiger partial charge in [0.2, 0.25) is 0 Å². The van der Waals surface area contributed by atoms with Gasteiger partial charge in [-0.3, -0.25) is 14.8 Å². The summed E-state index contributed by atoms with van der Waals surface area (Å²) < 4.78 is 27.8. The molecule has 0 unspecified atom stereocenters. The minimum Gasteiger partial charge on any atom is -0.298 e. The molecule has 1 heterocycles. The van der Waals surface area contributed by atoms with Gasteiger partial charge in [0.1, 0.15) is 0 Å². The molecule has 0 aliphatic rings. The molecule has 4 aromatic carbocycles. The van der Waals surface area contributed by atoms with Crippen molar-refractivity contribution in [2.24, 2.45) is 0 Å². The van der Waals surface area contributed by atoms with Crippen molar-refractivity contribution in [1.29, 1.82) is 0 Å². The fourth-order valence-corrected chi connectivity index (χ4v) is 5.79. The number of benzene rings is 4. The zero-order valence-corrected chi connectivity index (χ0v) is 21.5. The first kappa shape index (κ1) is 24.4. The summed E-state index contributed by atoms with van der Waals surface area (Å²) in [7, 11) is -3.73. The highest BCUT2D eigenvalue weighted by Gasteiger charge is 2.18. The van der Waals surface area contributed by atoms with Gasteiger partial charge in [-0.25, -0.2) is 13.4 Å². The average Bonchev–Trinajstić information content (AvgIpc) is 3.34. The van der Waals surface area contributed by atoms with Crippen LogP contribution in [0.3, 0.4) is 0 Å². The molecule has 2 N–H and O–H groups in total. The summed E-state index contributed by atoms with van der Waals surface area (Å²) in [5.41, 5.74) is 4.50. The van der Waals surface area contributed by atoms with Crippen molar-refractivity contribution in [3.05, 3.63) is 120 Å². The molecule has 8 heteroatoms. The van der Waals surface area contributed by atoms with Crippen LogP contribution in [0.2, 0.25) is 0 Å². The third-order valence-corrected chi connectivity index (χ3v) is 8.08. The SMILES string of the molecule is Cc1ccc(S(=O)(=O)Nc2ccc(C(=O)Nc3nc(-c4ccccc4)c(-c4ccccc4)s3)cc2)cc1. The van der Waals surface area contributed by atoms with E-state index in [1.54, 1.807) is 48.5 Å². The lowest BCUT2D eigenvalue weighted by Crippen LogP contribution is -2.14. The predicted molar refractivity (Wildman–Crippen MR) is 149 cm³/mol. The normalized spacial score (nSPS) is 11.2. The number of hydrogen-bond donors (Lipinski definition) is 2. The van der Waals surface area contributed by atoms with Crippen LogP contribution in [0, 0.1) is 6.92 Å². The number of thiazole rings is 1. The van der Waals surface area contributed by atoms with Crippen molar-refractivity contribution in [2.75, 3.05) is 10.0 Å². The Morgan fingerprint density at radius 1 is 0.757 bits per heavy atom. The van der Waals surface area contributed by atoms with E-state index in [9.17, 15) is 13.2 Å². The first-order chi connectivity index (χ1) is 17.9. The van der Waals surface area contributed by atoms with Crippen LogP contribution in [-0.2, 0) is 10.0 Å². The van der Waals surface area contributed by atoms with Gasteiger partial charge in [0, 0.05) is 16.8 Å². The number of sulfonamides is 1. The van der Waals surface area contributed by atoms with E-state index < -0.39 is 10.0 Å². The molecule has 5 aromatic rings. The molecule has 0 atom stereocenters. The van der Waals surface area contributed by atoms with Crippen molar-refractivity contribution >= 4 is 38.1 Å². The smallest absolute Gasteiger partial charge is 0.261 e. The quantitative estimate of drug-likeness (QED) is 0.244. The summed E-state index contributed by atoms with van der Waals surface area (Å²) in [6, 6.07) is 32.6. The van der Waals surface area contributed by atoms with Crippen molar-refractivity contribution < 1.29 is 13.2 Å². The monoisotopic (exact) mass is 525 g/mol. The Balaban J connectivity index is 1.35. The largest absolute Gasteiger partial charge is 0.298 e. The molecule has 0 spiro atoms. The maximum atomic E-state index is 13.0. The van der Waals surface area contributed by atoms with E-state index in [1.165, 1.54) is 11.3 Å². The molecule has 0 aliphatic carbocycles.